The van der Waals surface area contributed by atoms with Crippen molar-refractivity contribution in [3.63, 3.8) is 0 Å². The van der Waals surface area contributed by atoms with Crippen molar-refractivity contribution in [3.8, 4) is 0 Å². The molecule has 0 fully saturated rings. The quantitative estimate of drug-likeness (QED) is 0.853. The van der Waals surface area contributed by atoms with Crippen molar-refractivity contribution in [2.75, 3.05) is 11.9 Å². The molecular weight excluding hydrogens is 208 g/mol. The summed E-state index contributed by atoms with van der Waals surface area (Å²) in [5.74, 6) is 0. The second-order valence-electron chi connectivity index (χ2n) is 3.42. The summed E-state index contributed by atoms with van der Waals surface area (Å²) in [6, 6.07) is 7.77. The molecule has 1 N–H and O–H groups in total. The monoisotopic (exact) mass is 220 g/mol. The average molecular weight is 221 g/mol. The smallest absolute Gasteiger partial charge is 0.0948 e. The first-order valence-electron chi connectivity index (χ1n) is 5.10. The van der Waals surface area contributed by atoms with Crippen LogP contribution in [0.5, 0.6) is 0 Å². The van der Waals surface area contributed by atoms with E-state index in [1.165, 1.54) is 0 Å². The van der Waals surface area contributed by atoms with E-state index >= 15 is 0 Å². The Kier molecular flexibility index (Phi) is 3.07. The normalized spacial score (nSPS) is 10.5. The van der Waals surface area contributed by atoms with Gasteiger partial charge in [0.2, 0.25) is 0 Å². The van der Waals surface area contributed by atoms with Crippen molar-refractivity contribution in [1.29, 1.82) is 0 Å². The van der Waals surface area contributed by atoms with Gasteiger partial charge in [-0.05, 0) is 30.7 Å². The van der Waals surface area contributed by atoms with Crippen LogP contribution in [0.2, 0.25) is 5.02 Å². The molecule has 0 aliphatic rings. The summed E-state index contributed by atoms with van der Waals surface area (Å²) < 4.78 is 0. The maximum atomic E-state index is 6.10. The van der Waals surface area contributed by atoms with E-state index in [9.17, 15) is 0 Å². The van der Waals surface area contributed by atoms with Crippen molar-refractivity contribution in [3.05, 3.63) is 35.5 Å². The lowest BCUT2D eigenvalue weighted by molar-refractivity contribution is 0.981. The Morgan fingerprint density at radius 1 is 1.33 bits per heavy atom. The predicted molar refractivity (Wildman–Crippen MR) is 65.5 cm³/mol. The molecule has 2 rings (SSSR count). The Morgan fingerprint density at radius 3 is 3.00 bits per heavy atom. The van der Waals surface area contributed by atoms with Crippen LogP contribution < -0.4 is 5.32 Å². The Balaban J connectivity index is 2.51. The van der Waals surface area contributed by atoms with Gasteiger partial charge in [0.1, 0.15) is 0 Å². The third-order valence-corrected chi connectivity index (χ3v) is 2.61. The van der Waals surface area contributed by atoms with E-state index in [1.807, 2.05) is 24.3 Å². The van der Waals surface area contributed by atoms with Crippen molar-refractivity contribution in [1.82, 2.24) is 4.98 Å². The first-order chi connectivity index (χ1) is 7.33. The van der Waals surface area contributed by atoms with Crippen LogP contribution in [0.4, 0.5) is 5.69 Å². The lowest BCUT2D eigenvalue weighted by Gasteiger charge is -2.08. The van der Waals surface area contributed by atoms with Gasteiger partial charge in [-0.1, -0.05) is 18.5 Å². The third-order valence-electron chi connectivity index (χ3n) is 2.28. The largest absolute Gasteiger partial charge is 0.383 e. The predicted octanol–water partition coefficient (Wildman–Crippen LogP) is 3.71. The molecule has 1 aromatic heterocycles. The van der Waals surface area contributed by atoms with Crippen LogP contribution in [0.1, 0.15) is 13.3 Å². The van der Waals surface area contributed by atoms with E-state index in [0.717, 1.165) is 34.6 Å². The van der Waals surface area contributed by atoms with Gasteiger partial charge in [-0.25, -0.2) is 0 Å². The van der Waals surface area contributed by atoms with Gasteiger partial charge in [0.25, 0.3) is 0 Å². The summed E-state index contributed by atoms with van der Waals surface area (Å²) >= 11 is 6.10. The minimum absolute atomic E-state index is 0.750. The summed E-state index contributed by atoms with van der Waals surface area (Å²) in [5.41, 5.74) is 2.00. The molecule has 3 heteroatoms. The lowest BCUT2D eigenvalue weighted by atomic mass is 10.2. The number of benzene rings is 1. The minimum atomic E-state index is 0.750. The standard InChI is InChI=1S/C12H13ClN2/c1-2-7-14-11-6-5-10(13)9-4-3-8-15-12(9)11/h3-6,8,14H,2,7H2,1H3. The summed E-state index contributed by atoms with van der Waals surface area (Å²) in [6.07, 6.45) is 2.88. The highest BCUT2D eigenvalue weighted by molar-refractivity contribution is 6.35. The van der Waals surface area contributed by atoms with E-state index in [-0.39, 0.29) is 0 Å². The number of hydrogen-bond donors (Lipinski definition) is 1. The van der Waals surface area contributed by atoms with Gasteiger partial charge in [-0.3, -0.25) is 4.98 Å². The first-order valence-corrected chi connectivity index (χ1v) is 5.48. The molecule has 0 radical (unpaired) electrons. The van der Waals surface area contributed by atoms with Crippen molar-refractivity contribution >= 4 is 28.2 Å². The van der Waals surface area contributed by atoms with Crippen LogP contribution in [0.25, 0.3) is 10.9 Å². The fourth-order valence-corrected chi connectivity index (χ4v) is 1.76. The van der Waals surface area contributed by atoms with E-state index < -0.39 is 0 Å². The molecule has 0 saturated heterocycles. The second-order valence-corrected chi connectivity index (χ2v) is 3.83. The van der Waals surface area contributed by atoms with Gasteiger partial charge in [0.15, 0.2) is 0 Å². The first kappa shape index (κ1) is 10.2. The summed E-state index contributed by atoms with van der Waals surface area (Å²) in [4.78, 5) is 4.35. The molecule has 2 nitrogen and oxygen atoms in total. The highest BCUT2D eigenvalue weighted by atomic mass is 35.5. The fraction of sp³-hybridized carbons (Fsp3) is 0.250. The maximum Gasteiger partial charge on any atom is 0.0948 e. The minimum Gasteiger partial charge on any atom is -0.383 e. The maximum absolute atomic E-state index is 6.10. The topological polar surface area (TPSA) is 24.9 Å². The Labute approximate surface area is 94.3 Å². The number of fused-ring (bicyclic) bond motifs is 1. The van der Waals surface area contributed by atoms with Crippen LogP contribution in [-0.4, -0.2) is 11.5 Å². The van der Waals surface area contributed by atoms with Gasteiger partial charge in [-0.2, -0.15) is 0 Å². The number of aromatic nitrogens is 1. The molecule has 0 bridgehead atoms. The molecule has 15 heavy (non-hydrogen) atoms. The van der Waals surface area contributed by atoms with E-state index in [4.69, 9.17) is 11.6 Å². The number of hydrogen-bond acceptors (Lipinski definition) is 2. The Morgan fingerprint density at radius 2 is 2.20 bits per heavy atom. The van der Waals surface area contributed by atoms with Crippen LogP contribution >= 0.6 is 11.6 Å². The zero-order valence-electron chi connectivity index (χ0n) is 8.63. The number of nitrogens with zero attached hydrogens (tertiary/aromatic N) is 1. The summed E-state index contributed by atoms with van der Waals surface area (Å²) in [6.45, 7) is 3.09. The zero-order chi connectivity index (χ0) is 10.7. The number of anilines is 1. The molecule has 78 valence electrons. The highest BCUT2D eigenvalue weighted by Crippen LogP contribution is 2.27. The van der Waals surface area contributed by atoms with Crippen LogP contribution in [0.3, 0.4) is 0 Å². The molecule has 1 heterocycles. The zero-order valence-corrected chi connectivity index (χ0v) is 9.38. The SMILES string of the molecule is CCCNc1ccc(Cl)c2cccnc12. The average Bonchev–Trinajstić information content (AvgIpc) is 2.29. The number of rotatable bonds is 3. The van der Waals surface area contributed by atoms with E-state index in [1.54, 1.807) is 6.20 Å². The van der Waals surface area contributed by atoms with E-state index in [2.05, 4.69) is 17.2 Å². The highest BCUT2D eigenvalue weighted by Gasteiger charge is 2.04. The third kappa shape index (κ3) is 2.05. The van der Waals surface area contributed by atoms with Gasteiger partial charge in [0.05, 0.1) is 16.2 Å². The van der Waals surface area contributed by atoms with Gasteiger partial charge in [0, 0.05) is 18.1 Å². The van der Waals surface area contributed by atoms with Crippen molar-refractivity contribution in [2.24, 2.45) is 0 Å². The van der Waals surface area contributed by atoms with Crippen molar-refractivity contribution < 1.29 is 0 Å². The number of pyridine rings is 1. The molecule has 0 spiro atoms. The molecule has 0 unspecified atom stereocenters. The second kappa shape index (κ2) is 4.49. The Bertz CT molecular complexity index is 468. The van der Waals surface area contributed by atoms with Gasteiger partial charge in [-0.15, -0.1) is 0 Å². The molecule has 0 aliphatic heterocycles. The summed E-state index contributed by atoms with van der Waals surface area (Å²) in [7, 11) is 0. The molecule has 0 aliphatic carbocycles. The van der Waals surface area contributed by atoms with Crippen molar-refractivity contribution in [2.45, 2.75) is 13.3 Å². The van der Waals surface area contributed by atoms with Crippen LogP contribution in [-0.2, 0) is 0 Å². The molecule has 1 aromatic carbocycles. The Hall–Kier alpha value is -1.28. The van der Waals surface area contributed by atoms with Gasteiger partial charge >= 0.3 is 0 Å². The molecule has 0 atom stereocenters. The van der Waals surface area contributed by atoms with Crippen LogP contribution in [0.15, 0.2) is 30.5 Å². The van der Waals surface area contributed by atoms with Crippen LogP contribution in [0, 0.1) is 0 Å². The number of nitrogens with one attached hydrogen (secondary N) is 1. The molecule has 2 aromatic rings. The fourth-order valence-electron chi connectivity index (χ4n) is 1.54. The summed E-state index contributed by atoms with van der Waals surface area (Å²) in [5, 5.41) is 5.09. The lowest BCUT2D eigenvalue weighted by Crippen LogP contribution is -2.00. The molecular formula is C12H13ClN2. The molecule has 0 saturated carbocycles. The van der Waals surface area contributed by atoms with E-state index in [0.29, 0.717) is 0 Å². The van der Waals surface area contributed by atoms with Gasteiger partial charge < -0.3 is 5.32 Å². The molecule has 0 amide bonds. The number of halogens is 1.